The van der Waals surface area contributed by atoms with Crippen molar-refractivity contribution < 1.29 is 28.9 Å². The largest absolute Gasteiger partial charge is 0.493 e. The van der Waals surface area contributed by atoms with E-state index in [2.05, 4.69) is 17.4 Å². The molecule has 1 amide bonds. The monoisotopic (exact) mass is 473 g/mol. The highest BCUT2D eigenvalue weighted by Gasteiger charge is 2.12. The number of hydrogen-bond acceptors (Lipinski definition) is 5. The number of amides is 1. The van der Waals surface area contributed by atoms with E-state index in [0.29, 0.717) is 26.2 Å². The smallest absolute Gasteiger partial charge is 0.303 e. The van der Waals surface area contributed by atoms with Crippen LogP contribution in [-0.2, 0) is 20.7 Å². The molecule has 0 aliphatic carbocycles. The lowest BCUT2D eigenvalue weighted by Gasteiger charge is -2.13. The summed E-state index contributed by atoms with van der Waals surface area (Å²) in [7, 11) is 3.33. The summed E-state index contributed by atoms with van der Waals surface area (Å²) >= 11 is 0. The number of hydrogen-bond donors (Lipinski definition) is 2. The van der Waals surface area contributed by atoms with E-state index in [9.17, 15) is 9.59 Å². The van der Waals surface area contributed by atoms with Gasteiger partial charge < -0.3 is 24.6 Å². The molecule has 0 aliphatic heterocycles. The maximum absolute atomic E-state index is 12.0. The lowest BCUT2D eigenvalue weighted by Crippen LogP contribution is -2.30. The van der Waals surface area contributed by atoms with Crippen LogP contribution in [0.5, 0.6) is 11.5 Å². The molecule has 7 nitrogen and oxygen atoms in total. The summed E-state index contributed by atoms with van der Waals surface area (Å²) in [6.45, 7) is 3.62. The molecular formula is C24H40ClNO6. The number of nitrogens with one attached hydrogen (secondary N) is 1. The lowest BCUT2D eigenvalue weighted by atomic mass is 10.00. The molecule has 184 valence electrons. The van der Waals surface area contributed by atoms with Gasteiger partial charge in [-0.25, -0.2) is 0 Å². The number of carbonyl (C=O) groups excluding carboxylic acids is 1. The second-order valence-electron chi connectivity index (χ2n) is 7.82. The van der Waals surface area contributed by atoms with Gasteiger partial charge in [-0.1, -0.05) is 32.3 Å². The molecular weight excluding hydrogens is 434 g/mol. The molecule has 0 saturated carbocycles. The first-order valence-electron chi connectivity index (χ1n) is 11.3. The Hall–Kier alpha value is -1.99. The summed E-state index contributed by atoms with van der Waals surface area (Å²) in [5, 5.41) is 11.4. The fourth-order valence-corrected chi connectivity index (χ4v) is 3.26. The van der Waals surface area contributed by atoms with Gasteiger partial charge in [0.25, 0.3) is 0 Å². The van der Waals surface area contributed by atoms with Crippen LogP contribution < -0.4 is 14.8 Å². The molecule has 0 aliphatic rings. The molecule has 0 radical (unpaired) electrons. The van der Waals surface area contributed by atoms with Crippen LogP contribution in [0.4, 0.5) is 0 Å². The summed E-state index contributed by atoms with van der Waals surface area (Å²) in [4.78, 5) is 22.5. The molecule has 1 aromatic carbocycles. The van der Waals surface area contributed by atoms with Crippen molar-refractivity contribution in [3.8, 4) is 11.5 Å². The predicted octanol–water partition coefficient (Wildman–Crippen LogP) is 4.64. The van der Waals surface area contributed by atoms with Crippen LogP contribution in [0, 0.1) is 5.92 Å². The molecule has 0 heterocycles. The number of benzene rings is 1. The van der Waals surface area contributed by atoms with Crippen molar-refractivity contribution in [3.05, 3.63) is 23.8 Å². The van der Waals surface area contributed by atoms with Crippen molar-refractivity contribution in [2.24, 2.45) is 5.92 Å². The van der Waals surface area contributed by atoms with Gasteiger partial charge in [-0.3, -0.25) is 9.59 Å². The Balaban J connectivity index is 0.00000961. The Bertz CT molecular complexity index is 655. The molecule has 2 N–H and O–H groups in total. The third-order valence-electron chi connectivity index (χ3n) is 5.15. The van der Waals surface area contributed by atoms with Gasteiger partial charge in [0.1, 0.15) is 0 Å². The zero-order valence-corrected chi connectivity index (χ0v) is 20.5. The van der Waals surface area contributed by atoms with Gasteiger partial charge in [0.2, 0.25) is 5.91 Å². The SMILES string of the molecule is COCCCOc1cc(CCCCCC[C@@H](C)C(=O)NCCCC(=O)O)ccc1OC.Cl. The highest BCUT2D eigenvalue weighted by atomic mass is 35.5. The normalized spacial score (nSPS) is 11.3. The zero-order valence-electron chi connectivity index (χ0n) is 19.7. The maximum atomic E-state index is 12.0. The molecule has 0 fully saturated rings. The molecule has 1 rings (SSSR count). The highest BCUT2D eigenvalue weighted by Crippen LogP contribution is 2.29. The van der Waals surface area contributed by atoms with E-state index in [4.69, 9.17) is 19.3 Å². The average Bonchev–Trinajstić information content (AvgIpc) is 2.76. The van der Waals surface area contributed by atoms with Crippen LogP contribution in [0.2, 0.25) is 0 Å². The fraction of sp³-hybridized carbons (Fsp3) is 0.667. The number of ether oxygens (including phenoxy) is 3. The lowest BCUT2D eigenvalue weighted by molar-refractivity contribution is -0.137. The van der Waals surface area contributed by atoms with E-state index in [0.717, 1.165) is 56.4 Å². The number of aryl methyl sites for hydroxylation is 1. The summed E-state index contributed by atoms with van der Waals surface area (Å²) in [5.41, 5.74) is 1.23. The summed E-state index contributed by atoms with van der Waals surface area (Å²) in [5.74, 6) is 0.671. The zero-order chi connectivity index (χ0) is 22.9. The molecule has 8 heteroatoms. The quantitative estimate of drug-likeness (QED) is 0.301. The average molecular weight is 474 g/mol. The van der Waals surface area contributed by atoms with E-state index >= 15 is 0 Å². The predicted molar refractivity (Wildman–Crippen MR) is 128 cm³/mol. The Kier molecular flexibility index (Phi) is 17.4. The van der Waals surface area contributed by atoms with Gasteiger partial charge in [-0.15, -0.1) is 12.4 Å². The molecule has 0 bridgehead atoms. The molecule has 32 heavy (non-hydrogen) atoms. The standard InChI is InChI=1S/C24H39NO6.ClH/c1-19(24(28)25-15-8-12-23(26)27)10-6-4-5-7-11-20-13-14-21(30-3)22(18-20)31-17-9-16-29-2;/h13-14,18-19H,4-12,15-17H2,1-3H3,(H,25,28)(H,26,27);1H/t19-;/m1./s1. The number of carbonyl (C=O) groups is 2. The minimum atomic E-state index is -0.831. The van der Waals surface area contributed by atoms with Crippen LogP contribution >= 0.6 is 12.4 Å². The first kappa shape index (κ1) is 30.0. The van der Waals surface area contributed by atoms with Crippen molar-refractivity contribution >= 4 is 24.3 Å². The number of carboxylic acid groups (broad SMARTS) is 1. The number of carboxylic acids is 1. The van der Waals surface area contributed by atoms with Crippen molar-refractivity contribution in [2.45, 2.75) is 64.7 Å². The molecule has 1 aromatic rings. The van der Waals surface area contributed by atoms with Gasteiger partial charge in [-0.2, -0.15) is 0 Å². The summed E-state index contributed by atoms with van der Waals surface area (Å²) < 4.78 is 16.3. The van der Waals surface area contributed by atoms with E-state index in [1.807, 2.05) is 13.0 Å². The second-order valence-corrected chi connectivity index (χ2v) is 7.82. The fourth-order valence-electron chi connectivity index (χ4n) is 3.26. The van der Waals surface area contributed by atoms with Crippen molar-refractivity contribution in [3.63, 3.8) is 0 Å². The van der Waals surface area contributed by atoms with E-state index in [-0.39, 0.29) is 30.7 Å². The summed E-state index contributed by atoms with van der Waals surface area (Å²) in [6.07, 6.45) is 7.54. The number of aliphatic carboxylic acids is 1. The van der Waals surface area contributed by atoms with E-state index in [1.165, 1.54) is 5.56 Å². The van der Waals surface area contributed by atoms with E-state index < -0.39 is 5.97 Å². The minimum Gasteiger partial charge on any atom is -0.493 e. The topological polar surface area (TPSA) is 94.1 Å². The van der Waals surface area contributed by atoms with E-state index in [1.54, 1.807) is 14.2 Å². The van der Waals surface area contributed by atoms with Crippen molar-refractivity contribution in [1.82, 2.24) is 5.32 Å². The molecule has 1 atom stereocenters. The first-order chi connectivity index (χ1) is 15.0. The molecule has 0 unspecified atom stereocenters. The van der Waals surface area contributed by atoms with Crippen LogP contribution in [-0.4, -0.2) is 51.0 Å². The summed E-state index contributed by atoms with van der Waals surface area (Å²) in [6, 6.07) is 6.10. The van der Waals surface area contributed by atoms with Crippen molar-refractivity contribution in [2.75, 3.05) is 34.0 Å². The third-order valence-corrected chi connectivity index (χ3v) is 5.15. The Morgan fingerprint density at radius 3 is 2.44 bits per heavy atom. The maximum Gasteiger partial charge on any atom is 0.303 e. The van der Waals surface area contributed by atoms with Crippen LogP contribution in [0.15, 0.2) is 18.2 Å². The molecule has 0 spiro atoms. The van der Waals surface area contributed by atoms with Gasteiger partial charge in [-0.05, 0) is 43.4 Å². The number of unbranched alkanes of at least 4 members (excludes halogenated alkanes) is 3. The number of methoxy groups -OCH3 is 2. The Morgan fingerprint density at radius 1 is 1.00 bits per heavy atom. The van der Waals surface area contributed by atoms with Crippen LogP contribution in [0.1, 0.15) is 63.9 Å². The third kappa shape index (κ3) is 13.4. The van der Waals surface area contributed by atoms with Gasteiger partial charge >= 0.3 is 5.97 Å². The Labute approximate surface area is 198 Å². The minimum absolute atomic E-state index is 0. The number of halogens is 1. The second kappa shape index (κ2) is 18.6. The Morgan fingerprint density at radius 2 is 1.75 bits per heavy atom. The van der Waals surface area contributed by atoms with Crippen molar-refractivity contribution in [1.29, 1.82) is 0 Å². The molecule has 0 aromatic heterocycles. The van der Waals surface area contributed by atoms with Crippen LogP contribution in [0.3, 0.4) is 0 Å². The highest BCUT2D eigenvalue weighted by molar-refractivity contribution is 5.85. The van der Waals surface area contributed by atoms with Gasteiger partial charge in [0.15, 0.2) is 11.5 Å². The van der Waals surface area contributed by atoms with Crippen LogP contribution in [0.25, 0.3) is 0 Å². The van der Waals surface area contributed by atoms with Gasteiger partial charge in [0, 0.05) is 39.0 Å². The molecule has 0 saturated heterocycles. The first-order valence-corrected chi connectivity index (χ1v) is 11.3. The van der Waals surface area contributed by atoms with Gasteiger partial charge in [0.05, 0.1) is 13.7 Å². The number of rotatable bonds is 18.